The molecule has 0 N–H and O–H groups in total. The maximum absolute atomic E-state index is 12.5. The molecule has 0 bridgehead atoms. The lowest BCUT2D eigenvalue weighted by atomic mass is 10.1. The predicted molar refractivity (Wildman–Crippen MR) is 79.2 cm³/mol. The zero-order chi connectivity index (χ0) is 13.1. The van der Waals surface area contributed by atoms with Crippen LogP contribution < -0.4 is 0 Å². The van der Waals surface area contributed by atoms with E-state index in [2.05, 4.69) is 39.7 Å². The fraction of sp³-hybridized carbons (Fsp3) is 0.615. The normalized spacial score (nSPS) is 21.9. The molecule has 0 aromatic carbocycles. The zero-order valence-electron chi connectivity index (χ0n) is 10.9. The lowest BCUT2D eigenvalue weighted by Crippen LogP contribution is -2.43. The summed E-state index contributed by atoms with van der Waals surface area (Å²) >= 11 is 4.99. The number of rotatable bonds is 2. The van der Waals surface area contributed by atoms with Gasteiger partial charge in [0, 0.05) is 24.5 Å². The molecule has 1 aliphatic heterocycles. The fourth-order valence-corrected chi connectivity index (χ4v) is 3.58. The number of thiophene rings is 1. The Labute approximate surface area is 121 Å². The molecule has 0 spiro atoms. The van der Waals surface area contributed by atoms with E-state index in [0.717, 1.165) is 41.8 Å². The van der Waals surface area contributed by atoms with Gasteiger partial charge in [-0.3, -0.25) is 4.79 Å². The van der Waals surface area contributed by atoms with Crippen LogP contribution in [0.1, 0.15) is 30.1 Å². The maximum Gasteiger partial charge on any atom is 0.255 e. The van der Waals surface area contributed by atoms with Crippen LogP contribution >= 0.6 is 27.3 Å². The minimum absolute atomic E-state index is 0.180. The molecule has 3 nitrogen and oxygen atoms in total. The summed E-state index contributed by atoms with van der Waals surface area (Å²) < 4.78 is 1.02. The topological polar surface area (TPSA) is 23.6 Å². The number of likely N-dealkylation sites (N-methyl/N-ethyl adjacent to an activating group) is 1. The van der Waals surface area contributed by atoms with Crippen molar-refractivity contribution in [2.45, 2.75) is 25.8 Å². The molecule has 0 radical (unpaired) electrons. The zero-order valence-corrected chi connectivity index (χ0v) is 13.3. The Morgan fingerprint density at radius 3 is 2.94 bits per heavy atom. The lowest BCUT2D eigenvalue weighted by Gasteiger charge is -2.30. The van der Waals surface area contributed by atoms with E-state index in [0.29, 0.717) is 6.04 Å². The molecule has 1 saturated heterocycles. The number of carbonyl (C=O) groups is 1. The highest BCUT2D eigenvalue weighted by Crippen LogP contribution is 2.23. The number of nitrogens with zero attached hydrogens (tertiary/aromatic N) is 2. The molecule has 1 unspecified atom stereocenters. The van der Waals surface area contributed by atoms with Crippen molar-refractivity contribution in [1.29, 1.82) is 0 Å². The Bertz CT molecular complexity index is 421. The van der Waals surface area contributed by atoms with Crippen LogP contribution in [0.5, 0.6) is 0 Å². The van der Waals surface area contributed by atoms with Crippen molar-refractivity contribution in [1.82, 2.24) is 9.80 Å². The van der Waals surface area contributed by atoms with E-state index in [4.69, 9.17) is 0 Å². The van der Waals surface area contributed by atoms with Crippen LogP contribution in [0.3, 0.4) is 0 Å². The first-order valence-electron chi connectivity index (χ1n) is 6.35. The van der Waals surface area contributed by atoms with E-state index >= 15 is 0 Å². The number of amides is 1. The average Bonchev–Trinajstić information content (AvgIpc) is 2.68. The smallest absolute Gasteiger partial charge is 0.255 e. The van der Waals surface area contributed by atoms with Gasteiger partial charge in [0.2, 0.25) is 0 Å². The maximum atomic E-state index is 12.5. The molecule has 100 valence electrons. The number of hydrogen-bond acceptors (Lipinski definition) is 3. The molecule has 1 atom stereocenters. The van der Waals surface area contributed by atoms with Crippen LogP contribution in [-0.2, 0) is 0 Å². The molecule has 0 saturated carbocycles. The minimum atomic E-state index is 0.180. The monoisotopic (exact) mass is 330 g/mol. The van der Waals surface area contributed by atoms with Crippen molar-refractivity contribution in [3.63, 3.8) is 0 Å². The molecular formula is C13H19BrN2OS. The third-order valence-corrected chi connectivity index (χ3v) is 4.95. The second-order valence-electron chi connectivity index (χ2n) is 4.82. The van der Waals surface area contributed by atoms with Crippen LogP contribution in [0.2, 0.25) is 0 Å². The first kappa shape index (κ1) is 14.0. The summed E-state index contributed by atoms with van der Waals surface area (Å²) in [6, 6.07) is 2.26. The molecule has 18 heavy (non-hydrogen) atoms. The molecule has 1 aromatic heterocycles. The third-order valence-electron chi connectivity index (χ3n) is 3.45. The summed E-state index contributed by atoms with van der Waals surface area (Å²) in [6.07, 6.45) is 2.07. The van der Waals surface area contributed by atoms with E-state index in [1.165, 1.54) is 0 Å². The van der Waals surface area contributed by atoms with E-state index in [9.17, 15) is 4.79 Å². The molecule has 2 rings (SSSR count). The molecule has 0 aliphatic carbocycles. The van der Waals surface area contributed by atoms with Gasteiger partial charge in [0.15, 0.2) is 0 Å². The van der Waals surface area contributed by atoms with Gasteiger partial charge < -0.3 is 9.80 Å². The quantitative estimate of drug-likeness (QED) is 0.832. The van der Waals surface area contributed by atoms with E-state index in [1.807, 2.05) is 11.4 Å². The summed E-state index contributed by atoms with van der Waals surface area (Å²) in [7, 11) is 2.14. The molecule has 5 heteroatoms. The van der Waals surface area contributed by atoms with Gasteiger partial charge in [-0.2, -0.15) is 0 Å². The van der Waals surface area contributed by atoms with Crippen molar-refractivity contribution in [3.8, 4) is 0 Å². The molecule has 1 aromatic rings. The van der Waals surface area contributed by atoms with Gasteiger partial charge >= 0.3 is 0 Å². The average molecular weight is 331 g/mol. The largest absolute Gasteiger partial charge is 0.334 e. The molecule has 1 fully saturated rings. The van der Waals surface area contributed by atoms with Gasteiger partial charge in [0.1, 0.15) is 0 Å². The SMILES string of the molecule is CCC1CN(C)CCCN1C(=O)c1csc(Br)c1. The second kappa shape index (κ2) is 6.17. The summed E-state index contributed by atoms with van der Waals surface area (Å²) in [6.45, 7) is 5.09. The standard InChI is InChI=1S/C13H19BrN2OS/c1-3-11-8-15(2)5-4-6-16(11)13(17)10-7-12(14)18-9-10/h7,9,11H,3-6,8H2,1-2H3. The van der Waals surface area contributed by atoms with Crippen LogP contribution in [0.25, 0.3) is 0 Å². The highest BCUT2D eigenvalue weighted by molar-refractivity contribution is 9.11. The summed E-state index contributed by atoms with van der Waals surface area (Å²) in [5.74, 6) is 0.180. The van der Waals surface area contributed by atoms with Gasteiger partial charge in [-0.05, 0) is 48.4 Å². The number of halogens is 1. The summed E-state index contributed by atoms with van der Waals surface area (Å²) in [4.78, 5) is 16.9. The highest BCUT2D eigenvalue weighted by atomic mass is 79.9. The van der Waals surface area contributed by atoms with Crippen molar-refractivity contribution in [2.75, 3.05) is 26.7 Å². The van der Waals surface area contributed by atoms with Crippen LogP contribution in [0, 0.1) is 0 Å². The van der Waals surface area contributed by atoms with E-state index in [1.54, 1.807) is 11.3 Å². The summed E-state index contributed by atoms with van der Waals surface area (Å²) in [5, 5.41) is 1.94. The Morgan fingerprint density at radius 1 is 1.56 bits per heavy atom. The fourth-order valence-electron chi connectivity index (χ4n) is 2.45. The van der Waals surface area contributed by atoms with Gasteiger partial charge in [-0.15, -0.1) is 11.3 Å². The Morgan fingerprint density at radius 2 is 2.33 bits per heavy atom. The molecule has 1 amide bonds. The van der Waals surface area contributed by atoms with Gasteiger partial charge in [-0.25, -0.2) is 0 Å². The van der Waals surface area contributed by atoms with Crippen molar-refractivity contribution in [3.05, 3.63) is 20.8 Å². The summed E-state index contributed by atoms with van der Waals surface area (Å²) in [5.41, 5.74) is 0.815. The molecule has 2 heterocycles. The predicted octanol–water partition coefficient (Wildman–Crippen LogP) is 3.07. The highest BCUT2D eigenvalue weighted by Gasteiger charge is 2.27. The van der Waals surface area contributed by atoms with Crippen LogP contribution in [-0.4, -0.2) is 48.4 Å². The first-order chi connectivity index (χ1) is 8.61. The Kier molecular flexibility index (Phi) is 4.81. The Balaban J connectivity index is 2.16. The van der Waals surface area contributed by atoms with Crippen molar-refractivity contribution >= 4 is 33.2 Å². The van der Waals surface area contributed by atoms with Gasteiger partial charge in [0.25, 0.3) is 5.91 Å². The van der Waals surface area contributed by atoms with E-state index in [-0.39, 0.29) is 5.91 Å². The lowest BCUT2D eigenvalue weighted by molar-refractivity contribution is 0.0676. The molecule has 1 aliphatic rings. The van der Waals surface area contributed by atoms with Gasteiger partial charge in [0.05, 0.1) is 9.35 Å². The third kappa shape index (κ3) is 3.13. The van der Waals surface area contributed by atoms with E-state index < -0.39 is 0 Å². The minimum Gasteiger partial charge on any atom is -0.334 e. The van der Waals surface area contributed by atoms with Crippen LogP contribution in [0.4, 0.5) is 0 Å². The van der Waals surface area contributed by atoms with Crippen molar-refractivity contribution < 1.29 is 4.79 Å². The van der Waals surface area contributed by atoms with Crippen LogP contribution in [0.15, 0.2) is 15.2 Å². The Hall–Kier alpha value is -0.390. The van der Waals surface area contributed by atoms with Gasteiger partial charge in [-0.1, -0.05) is 6.92 Å². The van der Waals surface area contributed by atoms with Crippen molar-refractivity contribution in [2.24, 2.45) is 0 Å². The first-order valence-corrected chi connectivity index (χ1v) is 8.02. The number of carbonyl (C=O) groups excluding carboxylic acids is 1. The molecular weight excluding hydrogens is 312 g/mol. The number of hydrogen-bond donors (Lipinski definition) is 0. The second-order valence-corrected chi connectivity index (χ2v) is 7.11.